The molecule has 2 N–H and O–H groups in total. The van der Waals surface area contributed by atoms with Crippen molar-refractivity contribution in [2.45, 2.75) is 19.9 Å². The first-order valence-corrected chi connectivity index (χ1v) is 7.61. The van der Waals surface area contributed by atoms with Crippen LogP contribution >= 0.6 is 0 Å². The number of carboxylic acids is 1. The predicted octanol–water partition coefficient (Wildman–Crippen LogP) is 1.89. The fraction of sp³-hybridized carbons (Fsp3) is 0.353. The van der Waals surface area contributed by atoms with Crippen LogP contribution in [0.25, 0.3) is 0 Å². The SMILES string of the molecule is COc1ccc(CC(C)C(=O)NCc2nocc2C(=O)O)cc1OC. The number of amides is 1. The highest BCUT2D eigenvalue weighted by molar-refractivity contribution is 5.88. The number of nitrogens with one attached hydrogen (secondary N) is 1. The van der Waals surface area contributed by atoms with Gasteiger partial charge >= 0.3 is 5.97 Å². The molecular weight excluding hydrogens is 328 g/mol. The van der Waals surface area contributed by atoms with E-state index in [1.54, 1.807) is 27.2 Å². The summed E-state index contributed by atoms with van der Waals surface area (Å²) < 4.78 is 15.1. The first kappa shape index (κ1) is 18.3. The van der Waals surface area contributed by atoms with Crippen molar-refractivity contribution < 1.29 is 28.7 Å². The average molecular weight is 348 g/mol. The second kappa shape index (κ2) is 8.18. The molecule has 1 aromatic heterocycles. The highest BCUT2D eigenvalue weighted by atomic mass is 16.5. The first-order valence-electron chi connectivity index (χ1n) is 7.61. The number of ether oxygens (including phenoxy) is 2. The molecular formula is C17H20N2O6. The molecule has 0 saturated heterocycles. The summed E-state index contributed by atoms with van der Waals surface area (Å²) in [6, 6.07) is 5.47. The minimum Gasteiger partial charge on any atom is -0.493 e. The fourth-order valence-electron chi connectivity index (χ4n) is 2.36. The second-order valence-electron chi connectivity index (χ2n) is 5.49. The molecule has 0 spiro atoms. The number of aromatic nitrogens is 1. The lowest BCUT2D eigenvalue weighted by molar-refractivity contribution is -0.124. The number of methoxy groups -OCH3 is 2. The van der Waals surface area contributed by atoms with Crippen molar-refractivity contribution in [2.24, 2.45) is 5.92 Å². The Labute approximate surface area is 144 Å². The van der Waals surface area contributed by atoms with Crippen molar-refractivity contribution in [1.29, 1.82) is 0 Å². The van der Waals surface area contributed by atoms with Crippen molar-refractivity contribution in [2.75, 3.05) is 14.2 Å². The van der Waals surface area contributed by atoms with Crippen molar-refractivity contribution in [1.82, 2.24) is 10.5 Å². The number of hydrogen-bond acceptors (Lipinski definition) is 6. The van der Waals surface area contributed by atoms with Crippen LogP contribution in [-0.2, 0) is 17.8 Å². The highest BCUT2D eigenvalue weighted by Gasteiger charge is 2.18. The van der Waals surface area contributed by atoms with Gasteiger partial charge in [0.2, 0.25) is 5.91 Å². The van der Waals surface area contributed by atoms with Gasteiger partial charge in [-0.15, -0.1) is 0 Å². The highest BCUT2D eigenvalue weighted by Crippen LogP contribution is 2.28. The van der Waals surface area contributed by atoms with Crippen LogP contribution in [0.5, 0.6) is 11.5 Å². The summed E-state index contributed by atoms with van der Waals surface area (Å²) in [6.45, 7) is 1.78. The zero-order valence-corrected chi connectivity index (χ0v) is 14.2. The van der Waals surface area contributed by atoms with Crippen LogP contribution < -0.4 is 14.8 Å². The summed E-state index contributed by atoms with van der Waals surface area (Å²) in [5, 5.41) is 15.2. The standard InChI is InChI=1S/C17H20N2O6/c1-10(6-11-4-5-14(23-2)15(7-11)24-3)16(20)18-8-13-12(17(21)22)9-25-19-13/h4-5,7,9-10H,6,8H2,1-3H3,(H,18,20)(H,21,22). The normalized spacial score (nSPS) is 11.6. The van der Waals surface area contributed by atoms with Gasteiger partial charge in [0.15, 0.2) is 11.5 Å². The van der Waals surface area contributed by atoms with E-state index in [4.69, 9.17) is 14.6 Å². The van der Waals surface area contributed by atoms with Gasteiger partial charge in [0.1, 0.15) is 17.5 Å². The number of nitrogens with zero attached hydrogens (tertiary/aromatic N) is 1. The first-order chi connectivity index (χ1) is 12.0. The summed E-state index contributed by atoms with van der Waals surface area (Å²) in [5.41, 5.74) is 1.04. The topological polar surface area (TPSA) is 111 Å². The summed E-state index contributed by atoms with van der Waals surface area (Å²) in [4.78, 5) is 23.2. The van der Waals surface area contributed by atoms with Gasteiger partial charge < -0.3 is 24.4 Å². The van der Waals surface area contributed by atoms with E-state index in [2.05, 4.69) is 15.0 Å². The molecule has 134 valence electrons. The second-order valence-corrected chi connectivity index (χ2v) is 5.49. The molecule has 0 aliphatic carbocycles. The Morgan fingerprint density at radius 2 is 2.00 bits per heavy atom. The summed E-state index contributed by atoms with van der Waals surface area (Å²) in [7, 11) is 3.11. The Bertz CT molecular complexity index is 755. The molecule has 1 aromatic carbocycles. The molecule has 1 amide bonds. The molecule has 0 aliphatic heterocycles. The van der Waals surface area contributed by atoms with E-state index in [9.17, 15) is 9.59 Å². The molecule has 2 rings (SSSR count). The maximum atomic E-state index is 12.2. The molecule has 25 heavy (non-hydrogen) atoms. The van der Waals surface area contributed by atoms with Gasteiger partial charge in [-0.05, 0) is 24.1 Å². The molecule has 2 aromatic rings. The molecule has 0 saturated carbocycles. The fourth-order valence-corrected chi connectivity index (χ4v) is 2.36. The van der Waals surface area contributed by atoms with Gasteiger partial charge in [0.05, 0.1) is 20.8 Å². The Balaban J connectivity index is 1.96. The molecule has 8 heteroatoms. The minimum atomic E-state index is -1.15. The Morgan fingerprint density at radius 3 is 2.64 bits per heavy atom. The third-order valence-electron chi connectivity index (χ3n) is 3.74. The average Bonchev–Trinajstić information content (AvgIpc) is 3.08. The van der Waals surface area contributed by atoms with Crippen LogP contribution in [0.2, 0.25) is 0 Å². The minimum absolute atomic E-state index is 0.00671. The van der Waals surface area contributed by atoms with Gasteiger partial charge in [-0.3, -0.25) is 4.79 Å². The van der Waals surface area contributed by atoms with E-state index in [1.807, 2.05) is 12.1 Å². The smallest absolute Gasteiger partial charge is 0.341 e. The van der Waals surface area contributed by atoms with Gasteiger partial charge in [0, 0.05) is 5.92 Å². The molecule has 1 unspecified atom stereocenters. The monoisotopic (exact) mass is 348 g/mol. The molecule has 0 fully saturated rings. The number of carbonyl (C=O) groups is 2. The van der Waals surface area contributed by atoms with Crippen molar-refractivity contribution in [3.8, 4) is 11.5 Å². The number of benzene rings is 1. The van der Waals surface area contributed by atoms with E-state index in [-0.39, 0.29) is 29.6 Å². The predicted molar refractivity (Wildman–Crippen MR) is 87.7 cm³/mol. The zero-order valence-electron chi connectivity index (χ0n) is 14.2. The lowest BCUT2D eigenvalue weighted by Gasteiger charge is -2.14. The van der Waals surface area contributed by atoms with Gasteiger partial charge in [-0.25, -0.2) is 4.79 Å². The number of carboxylic acid groups (broad SMARTS) is 1. The van der Waals surface area contributed by atoms with E-state index >= 15 is 0 Å². The molecule has 0 aliphatic rings. The third kappa shape index (κ3) is 4.50. The molecule has 0 bridgehead atoms. The quantitative estimate of drug-likeness (QED) is 0.749. The Hall–Kier alpha value is -3.03. The van der Waals surface area contributed by atoms with Crippen LogP contribution in [-0.4, -0.2) is 36.4 Å². The number of carbonyl (C=O) groups excluding carboxylic acids is 1. The van der Waals surface area contributed by atoms with Gasteiger partial charge in [-0.2, -0.15) is 0 Å². The number of hydrogen-bond donors (Lipinski definition) is 2. The number of rotatable bonds is 8. The maximum Gasteiger partial charge on any atom is 0.341 e. The molecule has 1 heterocycles. The van der Waals surface area contributed by atoms with Crippen LogP contribution in [0.15, 0.2) is 29.0 Å². The van der Waals surface area contributed by atoms with Crippen LogP contribution in [0, 0.1) is 5.92 Å². The van der Waals surface area contributed by atoms with E-state index in [0.29, 0.717) is 17.9 Å². The van der Waals surface area contributed by atoms with E-state index < -0.39 is 5.97 Å². The van der Waals surface area contributed by atoms with Crippen LogP contribution in [0.1, 0.15) is 28.5 Å². The summed E-state index contributed by atoms with van der Waals surface area (Å²) in [5.74, 6) is -0.465. The molecule has 0 radical (unpaired) electrons. The summed E-state index contributed by atoms with van der Waals surface area (Å²) in [6.07, 6.45) is 1.54. The molecule has 1 atom stereocenters. The van der Waals surface area contributed by atoms with E-state index in [1.165, 1.54) is 0 Å². The van der Waals surface area contributed by atoms with Gasteiger partial charge in [-0.1, -0.05) is 18.1 Å². The van der Waals surface area contributed by atoms with Crippen LogP contribution in [0.3, 0.4) is 0 Å². The lowest BCUT2D eigenvalue weighted by Crippen LogP contribution is -2.30. The Kier molecular flexibility index (Phi) is 5.99. The van der Waals surface area contributed by atoms with Crippen molar-refractivity contribution >= 4 is 11.9 Å². The van der Waals surface area contributed by atoms with Crippen molar-refractivity contribution in [3.63, 3.8) is 0 Å². The largest absolute Gasteiger partial charge is 0.493 e. The van der Waals surface area contributed by atoms with E-state index in [0.717, 1.165) is 11.8 Å². The molecule has 8 nitrogen and oxygen atoms in total. The zero-order chi connectivity index (χ0) is 18.4. The Morgan fingerprint density at radius 1 is 1.28 bits per heavy atom. The maximum absolute atomic E-state index is 12.2. The number of aromatic carboxylic acids is 1. The summed E-state index contributed by atoms with van der Waals surface area (Å²) >= 11 is 0. The lowest BCUT2D eigenvalue weighted by atomic mass is 10.00. The van der Waals surface area contributed by atoms with Crippen LogP contribution in [0.4, 0.5) is 0 Å². The third-order valence-corrected chi connectivity index (χ3v) is 3.74. The van der Waals surface area contributed by atoms with Gasteiger partial charge in [0.25, 0.3) is 0 Å². The van der Waals surface area contributed by atoms with Crippen molar-refractivity contribution in [3.05, 3.63) is 41.3 Å².